The molecule has 0 unspecified atom stereocenters. The molecule has 4 heteroatoms. The molecule has 1 aliphatic carbocycles. The summed E-state index contributed by atoms with van der Waals surface area (Å²) in [4.78, 5) is 19.9. The molecule has 0 saturated heterocycles. The summed E-state index contributed by atoms with van der Waals surface area (Å²) in [5.41, 5.74) is 2.81. The van der Waals surface area contributed by atoms with Crippen LogP contribution in [0, 0.1) is 0 Å². The Balaban J connectivity index is 0.000000853. The number of carbonyl (C=O) groups excluding carboxylic acids is 1. The van der Waals surface area contributed by atoms with Gasteiger partial charge in [-0.3, -0.25) is 14.8 Å². The maximum atomic E-state index is 11.8. The molecular weight excluding hydrogens is 256 g/mol. The molecule has 0 aromatic carbocycles. The maximum absolute atomic E-state index is 11.8. The molecule has 0 spiro atoms. The van der Waals surface area contributed by atoms with Crippen molar-refractivity contribution in [1.82, 2.24) is 9.97 Å². The number of carbonyl (C=O) groups is 1. The Kier molecular flexibility index (Phi) is 2.36. The molecule has 0 amide bonds. The summed E-state index contributed by atoms with van der Waals surface area (Å²) >= 11 is 0. The van der Waals surface area contributed by atoms with E-state index in [2.05, 4.69) is 9.97 Å². The lowest BCUT2D eigenvalue weighted by Crippen LogP contribution is -1.99. The van der Waals surface area contributed by atoms with Crippen LogP contribution in [0.15, 0.2) is 36.7 Å². The van der Waals surface area contributed by atoms with E-state index < -0.39 is 0 Å². The molecule has 2 heterocycles. The topological polar surface area (TPSA) is 42.9 Å². The molecule has 0 bridgehead atoms. The molecule has 1 aliphatic rings. The van der Waals surface area contributed by atoms with Crippen LogP contribution in [0.4, 0.5) is 0 Å². The van der Waals surface area contributed by atoms with Crippen LogP contribution in [0.5, 0.6) is 0 Å². The highest BCUT2D eigenvalue weighted by Crippen LogP contribution is 2.32. The highest BCUT2D eigenvalue weighted by molar-refractivity contribution is 8.93. The van der Waals surface area contributed by atoms with E-state index in [4.69, 9.17) is 0 Å². The predicted octanol–water partition coefficient (Wildman–Crippen LogP) is 2.27. The van der Waals surface area contributed by atoms with Gasteiger partial charge in [-0.25, -0.2) is 0 Å². The van der Waals surface area contributed by atoms with Crippen LogP contribution in [-0.4, -0.2) is 15.8 Å². The molecule has 0 aliphatic heterocycles. The van der Waals surface area contributed by atoms with Gasteiger partial charge in [-0.2, -0.15) is 0 Å². The number of ketones is 1. The van der Waals surface area contributed by atoms with Gasteiger partial charge >= 0.3 is 0 Å². The first-order valence-corrected chi connectivity index (χ1v) is 4.33. The van der Waals surface area contributed by atoms with Crippen molar-refractivity contribution >= 4 is 22.8 Å². The maximum Gasteiger partial charge on any atom is 0.230 e. The van der Waals surface area contributed by atoms with Crippen molar-refractivity contribution in [2.45, 2.75) is 0 Å². The standard InChI is InChI=1S/C11H6N2O.BrH/c14-11-9-7(3-1-5-12-9)8-4-2-6-13-10(8)11;/h1-6H;1H. The van der Waals surface area contributed by atoms with Gasteiger partial charge < -0.3 is 0 Å². The average Bonchev–Trinajstić information content (AvgIpc) is 2.55. The third-order valence-corrected chi connectivity index (χ3v) is 2.34. The van der Waals surface area contributed by atoms with E-state index in [1.807, 2.05) is 24.3 Å². The van der Waals surface area contributed by atoms with E-state index in [1.54, 1.807) is 12.4 Å². The van der Waals surface area contributed by atoms with Gasteiger partial charge in [0.1, 0.15) is 11.4 Å². The van der Waals surface area contributed by atoms with Gasteiger partial charge in [0.2, 0.25) is 5.78 Å². The summed E-state index contributed by atoms with van der Waals surface area (Å²) in [5.74, 6) is -0.0730. The number of nitrogens with zero attached hydrogens (tertiary/aromatic N) is 2. The zero-order chi connectivity index (χ0) is 9.54. The molecule has 0 N–H and O–H groups in total. The molecule has 0 fully saturated rings. The smallest absolute Gasteiger partial charge is 0.230 e. The summed E-state index contributed by atoms with van der Waals surface area (Å²) in [6.45, 7) is 0. The van der Waals surface area contributed by atoms with Crippen LogP contribution in [0.25, 0.3) is 11.1 Å². The zero-order valence-electron chi connectivity index (χ0n) is 7.68. The second kappa shape index (κ2) is 3.55. The predicted molar refractivity (Wildman–Crippen MR) is 61.2 cm³/mol. The third-order valence-electron chi connectivity index (χ3n) is 2.34. The van der Waals surface area contributed by atoms with E-state index in [9.17, 15) is 4.79 Å². The highest BCUT2D eigenvalue weighted by Gasteiger charge is 2.28. The Hall–Kier alpha value is -1.55. The first-order chi connectivity index (χ1) is 6.88. The van der Waals surface area contributed by atoms with Crippen LogP contribution in [-0.2, 0) is 0 Å². The quantitative estimate of drug-likeness (QED) is 0.624. The van der Waals surface area contributed by atoms with Gasteiger partial charge in [-0.1, -0.05) is 12.1 Å². The number of rotatable bonds is 0. The Morgan fingerprint density at radius 1 is 0.867 bits per heavy atom. The fraction of sp³-hybridized carbons (Fsp3) is 0. The summed E-state index contributed by atoms with van der Waals surface area (Å²) in [6, 6.07) is 7.45. The van der Waals surface area contributed by atoms with Crippen LogP contribution in [0.2, 0.25) is 0 Å². The minimum absolute atomic E-state index is 0. The monoisotopic (exact) mass is 262 g/mol. The number of fused-ring (bicyclic) bond motifs is 3. The molecule has 74 valence electrons. The van der Waals surface area contributed by atoms with Crippen LogP contribution >= 0.6 is 17.0 Å². The molecular formula is C11H7BrN2O. The molecule has 0 atom stereocenters. The number of hydrogen-bond donors (Lipinski definition) is 0. The Morgan fingerprint density at radius 2 is 1.33 bits per heavy atom. The van der Waals surface area contributed by atoms with Crippen molar-refractivity contribution in [2.75, 3.05) is 0 Å². The van der Waals surface area contributed by atoms with E-state index in [-0.39, 0.29) is 22.8 Å². The summed E-state index contributed by atoms with van der Waals surface area (Å²) in [6.07, 6.45) is 3.26. The lowest BCUT2D eigenvalue weighted by Gasteiger charge is -1.95. The second-order valence-corrected chi connectivity index (χ2v) is 3.13. The lowest BCUT2D eigenvalue weighted by molar-refractivity contribution is 0.103. The average molecular weight is 263 g/mol. The fourth-order valence-corrected chi connectivity index (χ4v) is 1.72. The highest BCUT2D eigenvalue weighted by atomic mass is 79.9. The van der Waals surface area contributed by atoms with Gasteiger partial charge in [0, 0.05) is 23.5 Å². The molecule has 3 rings (SSSR count). The van der Waals surface area contributed by atoms with Crippen molar-refractivity contribution in [3.05, 3.63) is 48.0 Å². The van der Waals surface area contributed by atoms with Crippen molar-refractivity contribution < 1.29 is 4.79 Å². The zero-order valence-corrected chi connectivity index (χ0v) is 9.39. The molecule has 15 heavy (non-hydrogen) atoms. The fourth-order valence-electron chi connectivity index (χ4n) is 1.72. The van der Waals surface area contributed by atoms with Crippen molar-refractivity contribution in [3.63, 3.8) is 0 Å². The summed E-state index contributed by atoms with van der Waals surface area (Å²) in [5, 5.41) is 0. The summed E-state index contributed by atoms with van der Waals surface area (Å²) in [7, 11) is 0. The molecule has 2 aromatic heterocycles. The van der Waals surface area contributed by atoms with E-state index in [0.29, 0.717) is 11.4 Å². The molecule has 0 radical (unpaired) electrons. The number of halogens is 1. The minimum Gasteiger partial charge on any atom is -0.285 e. The molecule has 2 aromatic rings. The van der Waals surface area contributed by atoms with Crippen LogP contribution in [0.1, 0.15) is 16.2 Å². The van der Waals surface area contributed by atoms with Gasteiger partial charge in [-0.15, -0.1) is 17.0 Å². The SMILES string of the molecule is Br.O=C1c2ncccc2-c2cccnc21. The van der Waals surface area contributed by atoms with Crippen LogP contribution in [0.3, 0.4) is 0 Å². The van der Waals surface area contributed by atoms with Crippen LogP contribution < -0.4 is 0 Å². The Labute approximate surface area is 97.0 Å². The van der Waals surface area contributed by atoms with E-state index >= 15 is 0 Å². The van der Waals surface area contributed by atoms with Gasteiger partial charge in [0.25, 0.3) is 0 Å². The van der Waals surface area contributed by atoms with Crippen molar-refractivity contribution in [1.29, 1.82) is 0 Å². The Bertz CT molecular complexity index is 492. The third kappa shape index (κ3) is 1.29. The lowest BCUT2D eigenvalue weighted by atomic mass is 10.1. The number of aromatic nitrogens is 2. The van der Waals surface area contributed by atoms with Crippen molar-refractivity contribution in [3.8, 4) is 11.1 Å². The first kappa shape index (κ1) is 9.98. The molecule has 3 nitrogen and oxygen atoms in total. The van der Waals surface area contributed by atoms with Crippen molar-refractivity contribution in [2.24, 2.45) is 0 Å². The number of pyridine rings is 2. The van der Waals surface area contributed by atoms with E-state index in [1.165, 1.54) is 0 Å². The molecule has 0 saturated carbocycles. The first-order valence-electron chi connectivity index (χ1n) is 4.33. The minimum atomic E-state index is -0.0730. The normalized spacial score (nSPS) is 11.6. The Morgan fingerprint density at radius 3 is 1.80 bits per heavy atom. The largest absolute Gasteiger partial charge is 0.285 e. The second-order valence-electron chi connectivity index (χ2n) is 3.13. The summed E-state index contributed by atoms with van der Waals surface area (Å²) < 4.78 is 0. The number of hydrogen-bond acceptors (Lipinski definition) is 3. The van der Waals surface area contributed by atoms with Gasteiger partial charge in [0.15, 0.2) is 0 Å². The van der Waals surface area contributed by atoms with E-state index in [0.717, 1.165) is 11.1 Å². The van der Waals surface area contributed by atoms with Gasteiger partial charge in [-0.05, 0) is 12.1 Å². The van der Waals surface area contributed by atoms with Gasteiger partial charge in [0.05, 0.1) is 0 Å².